The van der Waals surface area contributed by atoms with Gasteiger partial charge in [0.1, 0.15) is 17.4 Å². The van der Waals surface area contributed by atoms with Crippen LogP contribution in [0.3, 0.4) is 0 Å². The zero-order valence-corrected chi connectivity index (χ0v) is 15.2. The van der Waals surface area contributed by atoms with Gasteiger partial charge in [-0.1, -0.05) is 0 Å². The van der Waals surface area contributed by atoms with Crippen LogP contribution in [-0.4, -0.2) is 32.6 Å². The Bertz CT molecular complexity index is 1130. The molecule has 1 aliphatic rings. The number of aryl methyl sites for hydroxylation is 1. The molecule has 6 nitrogen and oxygen atoms in total. The Balaban J connectivity index is 1.60. The zero-order valence-electron chi connectivity index (χ0n) is 15.2. The van der Waals surface area contributed by atoms with Crippen molar-refractivity contribution in [1.82, 2.24) is 15.0 Å². The molecule has 0 aromatic carbocycles. The van der Waals surface area contributed by atoms with Gasteiger partial charge in [-0.3, -0.25) is 19.6 Å². The van der Waals surface area contributed by atoms with Gasteiger partial charge in [-0.2, -0.15) is 0 Å². The molecule has 3 aromatic heterocycles. The number of aromatic nitrogens is 3. The molecule has 1 saturated carbocycles. The summed E-state index contributed by atoms with van der Waals surface area (Å²) in [4.78, 5) is 35.9. The van der Waals surface area contributed by atoms with Gasteiger partial charge in [-0.25, -0.2) is 13.8 Å². The van der Waals surface area contributed by atoms with Crippen LogP contribution in [0.2, 0.25) is 0 Å². The van der Waals surface area contributed by atoms with E-state index < -0.39 is 24.2 Å². The predicted molar refractivity (Wildman–Crippen MR) is 99.2 cm³/mol. The Hall–Kier alpha value is -3.29. The minimum Gasteiger partial charge on any atom is -0.310 e. The molecule has 1 amide bonds. The first-order chi connectivity index (χ1) is 13.2. The highest BCUT2D eigenvalue weighted by Gasteiger charge is 2.61. The molecule has 0 aliphatic heterocycles. The van der Waals surface area contributed by atoms with Crippen LogP contribution in [0, 0.1) is 12.8 Å². The Labute approximate surface area is 159 Å². The Morgan fingerprint density at radius 1 is 1.11 bits per heavy atom. The van der Waals surface area contributed by atoms with E-state index in [1.54, 1.807) is 24.5 Å². The van der Waals surface area contributed by atoms with Crippen molar-refractivity contribution in [2.45, 2.75) is 26.2 Å². The van der Waals surface area contributed by atoms with E-state index in [9.17, 15) is 18.4 Å². The molecule has 1 fully saturated rings. The van der Waals surface area contributed by atoms with E-state index in [4.69, 9.17) is 0 Å². The molecule has 1 atom stereocenters. The number of alkyl halides is 2. The highest BCUT2D eigenvalue weighted by molar-refractivity contribution is 5.96. The molecule has 28 heavy (non-hydrogen) atoms. The summed E-state index contributed by atoms with van der Waals surface area (Å²) in [5, 5.41) is 3.14. The van der Waals surface area contributed by atoms with Gasteiger partial charge in [0.05, 0.1) is 5.52 Å². The Morgan fingerprint density at radius 3 is 2.50 bits per heavy atom. The lowest BCUT2D eigenvalue weighted by Gasteiger charge is -2.09. The number of hydrogen-bond donors (Lipinski definition) is 1. The fourth-order valence-corrected chi connectivity index (χ4v) is 3.00. The lowest BCUT2D eigenvalue weighted by molar-refractivity contribution is -0.119. The summed E-state index contributed by atoms with van der Waals surface area (Å²) in [5.41, 5.74) is 3.51. The summed E-state index contributed by atoms with van der Waals surface area (Å²) < 4.78 is 26.0. The third kappa shape index (κ3) is 3.33. The van der Waals surface area contributed by atoms with Crippen molar-refractivity contribution in [1.29, 1.82) is 0 Å². The molecule has 3 heterocycles. The molecule has 142 valence electrons. The number of nitrogens with one attached hydrogen (secondary N) is 1. The van der Waals surface area contributed by atoms with E-state index >= 15 is 0 Å². The van der Waals surface area contributed by atoms with E-state index in [1.807, 2.05) is 13.0 Å². The highest BCUT2D eigenvalue weighted by Crippen LogP contribution is 2.49. The molecule has 4 rings (SSSR count). The fourth-order valence-electron chi connectivity index (χ4n) is 3.00. The molecular weight excluding hydrogens is 366 g/mol. The number of amides is 1. The number of fused-ring (bicyclic) bond motifs is 1. The van der Waals surface area contributed by atoms with Gasteiger partial charge >= 0.3 is 0 Å². The maximum atomic E-state index is 13.0. The fraction of sp³-hybridized carbons (Fsp3) is 0.250. The summed E-state index contributed by atoms with van der Waals surface area (Å²) in [6.07, 6.45) is 4.39. The normalized spacial score (nSPS) is 17.4. The summed E-state index contributed by atoms with van der Waals surface area (Å²) in [6, 6.07) is 5.14. The second kappa shape index (κ2) is 6.40. The lowest BCUT2D eigenvalue weighted by atomic mass is 10.0. The SMILES string of the molecule is CC(=O)c1cc(C)c(-c2cnc3cc(NC(=O)[C@H]4CC4(F)F)ncc3c2)cn1. The second-order valence-corrected chi connectivity index (χ2v) is 6.93. The molecular formula is C20H16F2N4O2. The van der Waals surface area contributed by atoms with Crippen LogP contribution in [-0.2, 0) is 4.79 Å². The number of ketones is 1. The van der Waals surface area contributed by atoms with Crippen molar-refractivity contribution < 1.29 is 18.4 Å². The molecule has 0 spiro atoms. The van der Waals surface area contributed by atoms with E-state index in [0.717, 1.165) is 22.1 Å². The van der Waals surface area contributed by atoms with E-state index in [2.05, 4.69) is 20.3 Å². The van der Waals surface area contributed by atoms with Crippen molar-refractivity contribution >= 4 is 28.4 Å². The molecule has 0 saturated heterocycles. The monoisotopic (exact) mass is 382 g/mol. The minimum atomic E-state index is -2.92. The summed E-state index contributed by atoms with van der Waals surface area (Å²) >= 11 is 0. The number of anilines is 1. The number of hydrogen-bond acceptors (Lipinski definition) is 5. The van der Waals surface area contributed by atoms with Crippen LogP contribution < -0.4 is 5.32 Å². The van der Waals surface area contributed by atoms with Crippen molar-refractivity contribution in [2.75, 3.05) is 5.32 Å². The van der Waals surface area contributed by atoms with E-state index in [1.165, 1.54) is 13.1 Å². The zero-order chi connectivity index (χ0) is 20.1. The van der Waals surface area contributed by atoms with Gasteiger partial charge < -0.3 is 5.32 Å². The van der Waals surface area contributed by atoms with Crippen LogP contribution >= 0.6 is 0 Å². The molecule has 0 radical (unpaired) electrons. The summed E-state index contributed by atoms with van der Waals surface area (Å²) in [6.45, 7) is 3.35. The van der Waals surface area contributed by atoms with Crippen molar-refractivity contribution in [3.05, 3.63) is 48.0 Å². The molecule has 0 unspecified atom stereocenters. The maximum Gasteiger partial charge on any atom is 0.260 e. The maximum absolute atomic E-state index is 13.0. The third-order valence-electron chi connectivity index (χ3n) is 4.74. The van der Waals surface area contributed by atoms with Crippen LogP contribution in [0.5, 0.6) is 0 Å². The molecule has 3 aromatic rings. The minimum absolute atomic E-state index is 0.103. The van der Waals surface area contributed by atoms with Gasteiger partial charge in [0.15, 0.2) is 5.78 Å². The van der Waals surface area contributed by atoms with Gasteiger partial charge in [0, 0.05) is 54.5 Å². The third-order valence-corrected chi connectivity index (χ3v) is 4.74. The second-order valence-electron chi connectivity index (χ2n) is 6.93. The molecule has 1 aliphatic carbocycles. The number of rotatable bonds is 4. The van der Waals surface area contributed by atoms with Crippen LogP contribution in [0.15, 0.2) is 36.8 Å². The highest BCUT2D eigenvalue weighted by atomic mass is 19.3. The lowest BCUT2D eigenvalue weighted by Crippen LogP contribution is -2.18. The van der Waals surface area contributed by atoms with Gasteiger partial charge in [0.2, 0.25) is 5.91 Å². The van der Waals surface area contributed by atoms with Crippen molar-refractivity contribution in [2.24, 2.45) is 5.92 Å². The number of halogens is 2. The predicted octanol–water partition coefficient (Wildman–Crippen LogP) is 3.80. The largest absolute Gasteiger partial charge is 0.310 e. The molecule has 1 N–H and O–H groups in total. The van der Waals surface area contributed by atoms with Crippen LogP contribution in [0.25, 0.3) is 22.0 Å². The standard InChI is InChI=1S/C20H16F2N4O2/c1-10-3-16(11(2)27)24-9-14(10)12-4-13-8-25-18(5-17(13)23-7-12)26-19(28)15-6-20(15,21)22/h3-5,7-9,15H,6H2,1-2H3,(H,25,26,28)/t15-/m1/s1. The van der Waals surface area contributed by atoms with Crippen LogP contribution in [0.1, 0.15) is 29.4 Å². The van der Waals surface area contributed by atoms with Crippen LogP contribution in [0.4, 0.5) is 14.6 Å². The van der Waals surface area contributed by atoms with E-state index in [-0.39, 0.29) is 11.6 Å². The first-order valence-corrected chi connectivity index (χ1v) is 8.67. The number of pyridine rings is 3. The van der Waals surface area contributed by atoms with Crippen molar-refractivity contribution in [3.8, 4) is 11.1 Å². The topological polar surface area (TPSA) is 84.8 Å². The molecule has 8 heteroatoms. The first-order valence-electron chi connectivity index (χ1n) is 8.67. The Kier molecular flexibility index (Phi) is 4.14. The Morgan fingerprint density at radius 2 is 1.86 bits per heavy atom. The van der Waals surface area contributed by atoms with E-state index in [0.29, 0.717) is 11.2 Å². The number of nitrogens with zero attached hydrogens (tertiary/aromatic N) is 3. The van der Waals surface area contributed by atoms with Gasteiger partial charge in [0.25, 0.3) is 5.92 Å². The average Bonchev–Trinajstić information content (AvgIpc) is 3.29. The summed E-state index contributed by atoms with van der Waals surface area (Å²) in [7, 11) is 0. The number of carbonyl (C=O) groups is 2. The van der Waals surface area contributed by atoms with Crippen molar-refractivity contribution in [3.63, 3.8) is 0 Å². The first kappa shape index (κ1) is 18.1. The quantitative estimate of drug-likeness (QED) is 0.694. The average molecular weight is 382 g/mol. The van der Waals surface area contributed by atoms with Gasteiger partial charge in [-0.05, 0) is 24.6 Å². The van der Waals surface area contributed by atoms with Gasteiger partial charge in [-0.15, -0.1) is 0 Å². The smallest absolute Gasteiger partial charge is 0.260 e. The molecule has 0 bridgehead atoms. The summed E-state index contributed by atoms with van der Waals surface area (Å²) in [5.74, 6) is -4.86. The number of Topliss-reactive ketones (excluding diaryl/α,β-unsaturated/α-hetero) is 1. The number of carbonyl (C=O) groups excluding carboxylic acids is 2.